The minimum Gasteiger partial charge on any atom is -0.481 e. The van der Waals surface area contributed by atoms with Crippen LogP contribution in [0, 0.1) is 11.8 Å². The summed E-state index contributed by atoms with van der Waals surface area (Å²) in [6, 6.07) is 0. The zero-order chi connectivity index (χ0) is 31.5. The molecule has 0 spiro atoms. The molecule has 0 heterocycles. The van der Waals surface area contributed by atoms with Crippen molar-refractivity contribution in [1.82, 2.24) is 0 Å². The van der Waals surface area contributed by atoms with Crippen LogP contribution in [0.2, 0.25) is 0 Å². The number of hydrogen-bond acceptors (Lipinski definition) is 2. The molecule has 248 valence electrons. The molecule has 4 heteroatoms. The van der Waals surface area contributed by atoms with Crippen molar-refractivity contribution in [1.29, 1.82) is 0 Å². The molecule has 0 fully saturated rings. The van der Waals surface area contributed by atoms with Crippen LogP contribution in [0.3, 0.4) is 0 Å². The van der Waals surface area contributed by atoms with Crippen molar-refractivity contribution in [3.8, 4) is 0 Å². The van der Waals surface area contributed by atoms with Crippen LogP contribution in [0.4, 0.5) is 0 Å². The molecule has 0 bridgehead atoms. The summed E-state index contributed by atoms with van der Waals surface area (Å²) < 4.78 is 0. The van der Waals surface area contributed by atoms with Gasteiger partial charge >= 0.3 is 11.9 Å². The van der Waals surface area contributed by atoms with E-state index in [2.05, 4.69) is 38.2 Å². The number of unbranched alkanes of at least 4 members (excludes halogenated alkanes) is 20. The zero-order valence-corrected chi connectivity index (χ0v) is 28.6. The Hall–Kier alpha value is -1.58. The van der Waals surface area contributed by atoms with Gasteiger partial charge in [0.15, 0.2) is 0 Å². The molecule has 2 unspecified atom stereocenters. The van der Waals surface area contributed by atoms with E-state index in [-0.39, 0.29) is 11.8 Å². The fourth-order valence-corrected chi connectivity index (χ4v) is 4.94. The van der Waals surface area contributed by atoms with Gasteiger partial charge in [-0.1, -0.05) is 155 Å². The van der Waals surface area contributed by atoms with E-state index in [4.69, 9.17) is 10.2 Å². The van der Waals surface area contributed by atoms with Gasteiger partial charge in [0.25, 0.3) is 0 Å². The first kappa shape index (κ1) is 42.6. The quantitative estimate of drug-likeness (QED) is 0.0642. The van der Waals surface area contributed by atoms with Crippen molar-refractivity contribution in [2.45, 2.75) is 195 Å². The van der Waals surface area contributed by atoms with Gasteiger partial charge in [-0.15, -0.1) is 0 Å². The van der Waals surface area contributed by atoms with Gasteiger partial charge in [-0.25, -0.2) is 0 Å². The third-order valence-electron chi connectivity index (χ3n) is 8.14. The highest BCUT2D eigenvalue weighted by Gasteiger charge is 2.09. The summed E-state index contributed by atoms with van der Waals surface area (Å²) in [5.41, 5.74) is 0. The van der Waals surface area contributed by atoms with Crippen LogP contribution in [0.15, 0.2) is 24.3 Å². The second kappa shape index (κ2) is 35.6. The van der Waals surface area contributed by atoms with Crippen LogP contribution < -0.4 is 0 Å². The van der Waals surface area contributed by atoms with Crippen LogP contribution in [0.25, 0.3) is 0 Å². The molecule has 0 saturated heterocycles. The lowest BCUT2D eigenvalue weighted by atomic mass is 10.0. The van der Waals surface area contributed by atoms with Crippen LogP contribution in [-0.4, -0.2) is 22.2 Å². The maximum atomic E-state index is 10.7. The highest BCUT2D eigenvalue weighted by molar-refractivity contribution is 5.69. The van der Waals surface area contributed by atoms with Gasteiger partial charge < -0.3 is 10.2 Å². The molecule has 0 aromatic carbocycles. The molecule has 0 aromatic heterocycles. The number of aliphatic carboxylic acids is 2. The molecule has 4 nitrogen and oxygen atoms in total. The summed E-state index contributed by atoms with van der Waals surface area (Å²) in [4.78, 5) is 21.3. The molecule has 2 atom stereocenters. The van der Waals surface area contributed by atoms with E-state index < -0.39 is 11.9 Å². The maximum Gasteiger partial charge on any atom is 0.306 e. The number of carboxylic acids is 2. The summed E-state index contributed by atoms with van der Waals surface area (Å²) in [5.74, 6) is -1.68. The van der Waals surface area contributed by atoms with Gasteiger partial charge in [-0.2, -0.15) is 0 Å². The van der Waals surface area contributed by atoms with Crippen LogP contribution in [-0.2, 0) is 9.59 Å². The molecular formula is C38H72O4. The van der Waals surface area contributed by atoms with Gasteiger partial charge in [0.2, 0.25) is 0 Å². The van der Waals surface area contributed by atoms with Crippen molar-refractivity contribution in [3.05, 3.63) is 24.3 Å². The third kappa shape index (κ3) is 36.4. The summed E-state index contributed by atoms with van der Waals surface area (Å²) >= 11 is 0. The Kier molecular flexibility index (Phi) is 36.1. The minimum atomic E-state index is -0.660. The Morgan fingerprint density at radius 3 is 0.929 bits per heavy atom. The predicted octanol–water partition coefficient (Wildman–Crippen LogP) is 12.7. The summed E-state index contributed by atoms with van der Waals surface area (Å²) in [6.45, 7) is 8.12. The minimum absolute atomic E-state index is 0.178. The molecule has 0 aliphatic rings. The third-order valence-corrected chi connectivity index (χ3v) is 8.14. The SMILES string of the molecule is CCCCCCCC/C=C\CCCCCCC(C)C(=O)O.CCCCCCCC/C=C\CCCCCCC(C)C(=O)O. The Morgan fingerprint density at radius 2 is 0.667 bits per heavy atom. The van der Waals surface area contributed by atoms with Crippen LogP contribution in [0.1, 0.15) is 195 Å². The van der Waals surface area contributed by atoms with Crippen molar-refractivity contribution in [3.63, 3.8) is 0 Å². The van der Waals surface area contributed by atoms with E-state index in [1.54, 1.807) is 13.8 Å². The lowest BCUT2D eigenvalue weighted by molar-refractivity contribution is -0.142. The maximum absolute atomic E-state index is 10.7. The Bertz CT molecular complexity index is 571. The van der Waals surface area contributed by atoms with Crippen molar-refractivity contribution in [2.24, 2.45) is 11.8 Å². The first-order valence-corrected chi connectivity index (χ1v) is 18.1. The Labute approximate surface area is 262 Å². The van der Waals surface area contributed by atoms with Gasteiger partial charge in [0.1, 0.15) is 0 Å². The lowest BCUT2D eigenvalue weighted by Crippen LogP contribution is -2.08. The lowest BCUT2D eigenvalue weighted by Gasteiger charge is -2.04. The standard InChI is InChI=1S/2C19H36O2/c2*1-3-4-5-6-7-8-9-10-11-12-13-14-15-16-17-18(2)19(20)21/h2*10-11,18H,3-9,12-17H2,1-2H3,(H,20,21)/b2*11-10-. The van der Waals surface area contributed by atoms with E-state index in [1.807, 2.05) is 0 Å². The fraction of sp³-hybridized carbons (Fsp3) is 0.842. The summed E-state index contributed by atoms with van der Waals surface area (Å²) in [7, 11) is 0. The molecule has 2 N–H and O–H groups in total. The van der Waals surface area contributed by atoms with E-state index in [0.717, 1.165) is 25.7 Å². The van der Waals surface area contributed by atoms with E-state index in [0.29, 0.717) is 0 Å². The number of rotatable bonds is 30. The number of carbonyl (C=O) groups is 2. The van der Waals surface area contributed by atoms with Crippen molar-refractivity contribution in [2.75, 3.05) is 0 Å². The van der Waals surface area contributed by atoms with Crippen molar-refractivity contribution < 1.29 is 19.8 Å². The first-order chi connectivity index (χ1) is 20.4. The second-order valence-electron chi connectivity index (χ2n) is 12.5. The molecular weight excluding hydrogens is 520 g/mol. The summed E-state index contributed by atoms with van der Waals surface area (Å²) in [5, 5.41) is 17.6. The monoisotopic (exact) mass is 593 g/mol. The van der Waals surface area contributed by atoms with Crippen molar-refractivity contribution >= 4 is 11.9 Å². The van der Waals surface area contributed by atoms with Gasteiger partial charge in [0.05, 0.1) is 11.8 Å². The molecule has 0 aliphatic heterocycles. The van der Waals surface area contributed by atoms with E-state index in [1.165, 1.54) is 141 Å². The molecule has 0 radical (unpaired) electrons. The topological polar surface area (TPSA) is 74.6 Å². The molecule has 42 heavy (non-hydrogen) atoms. The van der Waals surface area contributed by atoms with Crippen LogP contribution >= 0.6 is 0 Å². The highest BCUT2D eigenvalue weighted by Crippen LogP contribution is 2.14. The number of hydrogen-bond donors (Lipinski definition) is 2. The van der Waals surface area contributed by atoms with E-state index >= 15 is 0 Å². The number of carboxylic acid groups (broad SMARTS) is 2. The first-order valence-electron chi connectivity index (χ1n) is 18.1. The zero-order valence-electron chi connectivity index (χ0n) is 28.6. The van der Waals surface area contributed by atoms with Crippen LogP contribution in [0.5, 0.6) is 0 Å². The van der Waals surface area contributed by atoms with Gasteiger partial charge in [-0.3, -0.25) is 9.59 Å². The Balaban J connectivity index is 0. The summed E-state index contributed by atoms with van der Waals surface area (Å²) in [6.07, 6.45) is 41.7. The van der Waals surface area contributed by atoms with Gasteiger partial charge in [0, 0.05) is 0 Å². The van der Waals surface area contributed by atoms with Gasteiger partial charge in [-0.05, 0) is 64.2 Å². The predicted molar refractivity (Wildman–Crippen MR) is 183 cm³/mol. The molecule has 0 aromatic rings. The molecule has 0 rings (SSSR count). The number of allylic oxidation sites excluding steroid dienone is 4. The normalized spacial score (nSPS) is 12.9. The van der Waals surface area contributed by atoms with E-state index in [9.17, 15) is 9.59 Å². The average molecular weight is 593 g/mol. The largest absolute Gasteiger partial charge is 0.481 e. The molecule has 0 amide bonds. The second-order valence-corrected chi connectivity index (χ2v) is 12.5. The average Bonchev–Trinajstić information content (AvgIpc) is 2.97. The Morgan fingerprint density at radius 1 is 0.429 bits per heavy atom. The smallest absolute Gasteiger partial charge is 0.306 e. The highest BCUT2D eigenvalue weighted by atomic mass is 16.4. The fourth-order valence-electron chi connectivity index (χ4n) is 4.94. The molecule has 0 aliphatic carbocycles. The molecule has 0 saturated carbocycles.